The van der Waals surface area contributed by atoms with Crippen LogP contribution in [0.25, 0.3) is 0 Å². The van der Waals surface area contributed by atoms with Gasteiger partial charge in [-0.3, -0.25) is 9.59 Å². The Morgan fingerprint density at radius 1 is 1.00 bits per heavy atom. The van der Waals surface area contributed by atoms with Crippen molar-refractivity contribution >= 4 is 11.6 Å². The highest BCUT2D eigenvalue weighted by Crippen LogP contribution is 2.72. The summed E-state index contributed by atoms with van der Waals surface area (Å²) in [5.74, 6) is 2.00. The molecular weight excluding hydrogens is 188 g/mol. The molecule has 0 aromatic carbocycles. The van der Waals surface area contributed by atoms with Gasteiger partial charge in [0, 0.05) is 5.92 Å². The van der Waals surface area contributed by atoms with Crippen LogP contribution in [0.15, 0.2) is 0 Å². The molecule has 2 nitrogen and oxygen atoms in total. The molecule has 0 aliphatic heterocycles. The van der Waals surface area contributed by atoms with Crippen LogP contribution in [0.5, 0.6) is 0 Å². The summed E-state index contributed by atoms with van der Waals surface area (Å²) in [6, 6.07) is 0. The molecule has 0 saturated heterocycles. The maximum absolute atomic E-state index is 12.1. The summed E-state index contributed by atoms with van der Waals surface area (Å²) in [4.78, 5) is 24.1. The number of Topliss-reactive ketones (excluding diaryl/α,β-unsaturated/α-hetero) is 2. The van der Waals surface area contributed by atoms with E-state index in [9.17, 15) is 9.59 Å². The lowest BCUT2D eigenvalue weighted by Gasteiger charge is -2.11. The fourth-order valence-corrected chi connectivity index (χ4v) is 3.63. The molecule has 0 heterocycles. The van der Waals surface area contributed by atoms with E-state index in [2.05, 4.69) is 0 Å². The van der Waals surface area contributed by atoms with E-state index in [-0.39, 0.29) is 17.3 Å². The fourth-order valence-electron chi connectivity index (χ4n) is 3.63. The Bertz CT molecular complexity index is 347. The standard InChI is InChI=1S/C13H16O2/c14-11(7-1-2-7)10-12(15)13(10,8-3-4-8)9-5-6-9/h7-10H,1-6H2. The Kier molecular flexibility index (Phi) is 1.34. The monoisotopic (exact) mass is 204 g/mol. The number of hydrogen-bond donors (Lipinski definition) is 0. The number of ketones is 2. The van der Waals surface area contributed by atoms with Crippen LogP contribution in [-0.2, 0) is 9.59 Å². The minimum absolute atomic E-state index is 0.0975. The molecule has 1 unspecified atom stereocenters. The highest BCUT2D eigenvalue weighted by Gasteiger charge is 2.78. The molecule has 15 heavy (non-hydrogen) atoms. The molecule has 4 rings (SSSR count). The van der Waals surface area contributed by atoms with Crippen molar-refractivity contribution in [3.63, 3.8) is 0 Å². The van der Waals surface area contributed by atoms with Crippen molar-refractivity contribution in [1.82, 2.24) is 0 Å². The first-order valence-corrected chi connectivity index (χ1v) is 6.34. The third-order valence-corrected chi connectivity index (χ3v) is 4.85. The van der Waals surface area contributed by atoms with E-state index in [1.807, 2.05) is 0 Å². The number of rotatable bonds is 4. The smallest absolute Gasteiger partial charge is 0.152 e. The van der Waals surface area contributed by atoms with Crippen molar-refractivity contribution in [1.29, 1.82) is 0 Å². The SMILES string of the molecule is O=C(C1CC1)C1C(=O)C1(C1CC1)C1CC1. The Labute approximate surface area is 89.4 Å². The molecule has 0 N–H and O–H groups in total. The summed E-state index contributed by atoms with van der Waals surface area (Å²) in [6.07, 6.45) is 6.92. The molecule has 0 aromatic heterocycles. The van der Waals surface area contributed by atoms with E-state index in [1.165, 1.54) is 25.7 Å². The van der Waals surface area contributed by atoms with Gasteiger partial charge in [-0.15, -0.1) is 0 Å². The first kappa shape index (κ1) is 8.49. The van der Waals surface area contributed by atoms with Gasteiger partial charge in [0.1, 0.15) is 5.78 Å². The first-order chi connectivity index (χ1) is 7.26. The second kappa shape index (κ2) is 2.36. The van der Waals surface area contributed by atoms with Gasteiger partial charge in [0.05, 0.1) is 11.3 Å². The number of carbonyl (C=O) groups excluding carboxylic acids is 2. The summed E-state index contributed by atoms with van der Waals surface area (Å²) >= 11 is 0. The average molecular weight is 204 g/mol. The molecule has 4 aliphatic rings. The van der Waals surface area contributed by atoms with Crippen LogP contribution in [-0.4, -0.2) is 11.6 Å². The van der Waals surface area contributed by atoms with Crippen LogP contribution in [0.2, 0.25) is 0 Å². The summed E-state index contributed by atoms with van der Waals surface area (Å²) in [7, 11) is 0. The lowest BCUT2D eigenvalue weighted by atomic mass is 9.89. The highest BCUT2D eigenvalue weighted by molar-refractivity contribution is 6.21. The minimum atomic E-state index is -0.134. The van der Waals surface area contributed by atoms with E-state index < -0.39 is 0 Å². The van der Waals surface area contributed by atoms with Crippen molar-refractivity contribution in [3.8, 4) is 0 Å². The maximum atomic E-state index is 12.1. The Balaban J connectivity index is 1.64. The normalized spacial score (nSPS) is 37.9. The van der Waals surface area contributed by atoms with Crippen molar-refractivity contribution in [3.05, 3.63) is 0 Å². The average Bonchev–Trinajstić information content (AvgIpc) is 3.00. The van der Waals surface area contributed by atoms with Gasteiger partial charge in [0.2, 0.25) is 0 Å². The topological polar surface area (TPSA) is 34.1 Å². The second-order valence-electron chi connectivity index (χ2n) is 5.96. The third kappa shape index (κ3) is 0.957. The van der Waals surface area contributed by atoms with Crippen molar-refractivity contribution in [2.45, 2.75) is 38.5 Å². The minimum Gasteiger partial charge on any atom is -0.299 e. The van der Waals surface area contributed by atoms with E-state index >= 15 is 0 Å². The van der Waals surface area contributed by atoms with Gasteiger partial charge >= 0.3 is 0 Å². The van der Waals surface area contributed by atoms with Crippen LogP contribution < -0.4 is 0 Å². The molecule has 4 aliphatic carbocycles. The predicted molar refractivity (Wildman–Crippen MR) is 54.1 cm³/mol. The van der Waals surface area contributed by atoms with Gasteiger partial charge in [-0.25, -0.2) is 0 Å². The van der Waals surface area contributed by atoms with Crippen molar-refractivity contribution < 1.29 is 9.59 Å². The molecule has 80 valence electrons. The Morgan fingerprint density at radius 2 is 1.53 bits per heavy atom. The zero-order valence-corrected chi connectivity index (χ0v) is 8.87. The molecule has 0 spiro atoms. The van der Waals surface area contributed by atoms with Gasteiger partial charge in [-0.2, -0.15) is 0 Å². The van der Waals surface area contributed by atoms with Gasteiger partial charge in [-0.1, -0.05) is 0 Å². The molecule has 4 fully saturated rings. The third-order valence-electron chi connectivity index (χ3n) is 4.85. The summed E-state index contributed by atoms with van der Waals surface area (Å²) < 4.78 is 0. The van der Waals surface area contributed by atoms with Crippen molar-refractivity contribution in [2.75, 3.05) is 0 Å². The molecule has 1 atom stereocenters. The highest BCUT2D eigenvalue weighted by atomic mass is 16.2. The van der Waals surface area contributed by atoms with Gasteiger partial charge in [0.25, 0.3) is 0 Å². The molecule has 2 heteroatoms. The molecule has 0 amide bonds. The van der Waals surface area contributed by atoms with Crippen LogP contribution in [0.3, 0.4) is 0 Å². The maximum Gasteiger partial charge on any atom is 0.152 e. The lowest BCUT2D eigenvalue weighted by Crippen LogP contribution is -2.16. The Morgan fingerprint density at radius 3 is 1.93 bits per heavy atom. The number of carbonyl (C=O) groups is 2. The number of hydrogen-bond acceptors (Lipinski definition) is 2. The van der Waals surface area contributed by atoms with Gasteiger partial charge in [0.15, 0.2) is 5.78 Å². The van der Waals surface area contributed by atoms with Gasteiger partial charge in [-0.05, 0) is 50.4 Å². The van der Waals surface area contributed by atoms with Crippen LogP contribution in [0, 0.1) is 29.1 Å². The van der Waals surface area contributed by atoms with Gasteiger partial charge < -0.3 is 0 Å². The summed E-state index contributed by atoms with van der Waals surface area (Å²) in [6.45, 7) is 0. The molecule has 0 bridgehead atoms. The van der Waals surface area contributed by atoms with E-state index in [4.69, 9.17) is 0 Å². The second-order valence-corrected chi connectivity index (χ2v) is 5.96. The van der Waals surface area contributed by atoms with Crippen LogP contribution in [0.4, 0.5) is 0 Å². The van der Waals surface area contributed by atoms with Crippen LogP contribution >= 0.6 is 0 Å². The fraction of sp³-hybridized carbons (Fsp3) is 0.846. The first-order valence-electron chi connectivity index (χ1n) is 6.34. The van der Waals surface area contributed by atoms with Crippen LogP contribution in [0.1, 0.15) is 38.5 Å². The molecule has 4 saturated carbocycles. The zero-order valence-electron chi connectivity index (χ0n) is 8.87. The predicted octanol–water partition coefficient (Wildman–Crippen LogP) is 1.97. The molecule has 0 radical (unpaired) electrons. The summed E-state index contributed by atoms with van der Waals surface area (Å²) in [5, 5.41) is 0. The Hall–Kier alpha value is -0.660. The zero-order chi connectivity index (χ0) is 10.2. The van der Waals surface area contributed by atoms with Crippen molar-refractivity contribution in [2.24, 2.45) is 29.1 Å². The van der Waals surface area contributed by atoms with E-state index in [0.29, 0.717) is 23.4 Å². The molecular formula is C13H16O2. The van der Waals surface area contributed by atoms with E-state index in [1.54, 1.807) is 0 Å². The van der Waals surface area contributed by atoms with E-state index in [0.717, 1.165) is 12.8 Å². The molecule has 0 aromatic rings. The quantitative estimate of drug-likeness (QED) is 0.656. The largest absolute Gasteiger partial charge is 0.299 e. The lowest BCUT2D eigenvalue weighted by molar-refractivity contribution is -0.123. The summed E-state index contributed by atoms with van der Waals surface area (Å²) in [5.41, 5.74) is -0.0975.